The molecule has 4 atom stereocenters. The number of nitrogens with two attached hydrogens (primary N) is 1. The number of hydrogen-bond acceptors (Lipinski definition) is 8. The van der Waals surface area contributed by atoms with Crippen LogP contribution in [-0.2, 0) is 11.2 Å². The van der Waals surface area contributed by atoms with Crippen LogP contribution in [0.5, 0.6) is 0 Å². The summed E-state index contributed by atoms with van der Waals surface area (Å²) in [6.07, 6.45) is -2.25. The molecule has 0 spiro atoms. The minimum Gasteiger partial charge on any atom is -0.394 e. The Kier molecular flexibility index (Phi) is 3.49. The molecule has 0 bridgehead atoms. The van der Waals surface area contributed by atoms with Crippen molar-refractivity contribution in [1.82, 2.24) is 19.5 Å². The Hall–Kier alpha value is -1.81. The molecule has 1 saturated heterocycles. The van der Waals surface area contributed by atoms with E-state index in [1.807, 2.05) is 6.92 Å². The van der Waals surface area contributed by atoms with E-state index in [0.29, 0.717) is 23.4 Å². The van der Waals surface area contributed by atoms with E-state index in [0.717, 1.165) is 0 Å². The summed E-state index contributed by atoms with van der Waals surface area (Å²) in [4.78, 5) is 12.4. The fraction of sp³-hybridized carbons (Fsp3) is 0.583. The van der Waals surface area contributed by atoms with Gasteiger partial charge in [0.1, 0.15) is 30.5 Å². The molecule has 1 aliphatic rings. The number of hydrogen-bond donors (Lipinski definition) is 4. The second-order valence-corrected chi connectivity index (χ2v) is 4.91. The summed E-state index contributed by atoms with van der Waals surface area (Å²) in [6.45, 7) is 1.50. The van der Waals surface area contributed by atoms with Gasteiger partial charge in [-0.1, -0.05) is 6.92 Å². The summed E-state index contributed by atoms with van der Waals surface area (Å²) in [6, 6.07) is 0. The lowest BCUT2D eigenvalue weighted by Crippen LogP contribution is -2.33. The molecule has 0 radical (unpaired) electrons. The topological polar surface area (TPSA) is 140 Å². The smallest absolute Gasteiger partial charge is 0.167 e. The quantitative estimate of drug-likeness (QED) is 0.541. The molecule has 1 fully saturated rings. The molecule has 1 aliphatic heterocycles. The minimum absolute atomic E-state index is 0.236. The second kappa shape index (κ2) is 5.19. The van der Waals surface area contributed by atoms with Gasteiger partial charge < -0.3 is 25.8 Å². The highest BCUT2D eigenvalue weighted by molar-refractivity contribution is 5.81. The molecule has 21 heavy (non-hydrogen) atoms. The molecule has 0 saturated carbocycles. The van der Waals surface area contributed by atoms with E-state index in [2.05, 4.69) is 15.0 Å². The SMILES string of the molecule is CCc1nc2c(N)ncnc2n1[C@@H]1O[C@H](CO)C(O)C1O. The average Bonchev–Trinajstić information content (AvgIpc) is 2.99. The Labute approximate surface area is 120 Å². The number of aliphatic hydroxyl groups is 3. The lowest BCUT2D eigenvalue weighted by Gasteiger charge is -2.18. The first-order valence-electron chi connectivity index (χ1n) is 6.68. The van der Waals surface area contributed by atoms with Crippen LogP contribution in [0.15, 0.2) is 6.33 Å². The van der Waals surface area contributed by atoms with E-state index in [4.69, 9.17) is 10.5 Å². The number of anilines is 1. The highest BCUT2D eigenvalue weighted by Gasteiger charge is 2.44. The zero-order valence-electron chi connectivity index (χ0n) is 11.4. The third kappa shape index (κ3) is 2.05. The molecular weight excluding hydrogens is 278 g/mol. The molecule has 0 amide bonds. The number of nitrogens with zero attached hydrogens (tertiary/aromatic N) is 4. The third-order valence-electron chi connectivity index (χ3n) is 3.67. The maximum absolute atomic E-state index is 10.2. The van der Waals surface area contributed by atoms with Gasteiger partial charge in [-0.15, -0.1) is 0 Å². The number of ether oxygens (including phenoxy) is 1. The van der Waals surface area contributed by atoms with Crippen molar-refractivity contribution in [1.29, 1.82) is 0 Å². The van der Waals surface area contributed by atoms with E-state index in [1.54, 1.807) is 4.57 Å². The molecule has 9 nitrogen and oxygen atoms in total. The second-order valence-electron chi connectivity index (χ2n) is 4.91. The van der Waals surface area contributed by atoms with Crippen LogP contribution in [-0.4, -0.2) is 59.8 Å². The standard InChI is InChI=1S/C12H17N5O4/c1-2-6-16-7-10(13)14-4-15-11(7)17(6)12-9(20)8(19)5(3-18)21-12/h4-5,8-9,12,18-20H,2-3H2,1H3,(H2,13,14,15)/t5-,8?,9?,12-/m1/s1. The van der Waals surface area contributed by atoms with Gasteiger partial charge in [0.25, 0.3) is 0 Å². The lowest BCUT2D eigenvalue weighted by molar-refractivity contribution is -0.0522. The van der Waals surface area contributed by atoms with Crippen molar-refractivity contribution >= 4 is 17.0 Å². The molecule has 9 heteroatoms. The van der Waals surface area contributed by atoms with Gasteiger partial charge in [-0.2, -0.15) is 0 Å². The van der Waals surface area contributed by atoms with Crippen molar-refractivity contribution in [2.45, 2.75) is 37.9 Å². The van der Waals surface area contributed by atoms with Crippen LogP contribution >= 0.6 is 0 Å². The van der Waals surface area contributed by atoms with Crippen molar-refractivity contribution in [3.8, 4) is 0 Å². The van der Waals surface area contributed by atoms with Gasteiger partial charge in [0.15, 0.2) is 23.2 Å². The highest BCUT2D eigenvalue weighted by atomic mass is 16.6. The van der Waals surface area contributed by atoms with E-state index in [9.17, 15) is 15.3 Å². The van der Waals surface area contributed by atoms with Crippen LogP contribution in [0.4, 0.5) is 5.82 Å². The zero-order valence-corrected chi connectivity index (χ0v) is 11.4. The molecule has 0 aromatic carbocycles. The summed E-state index contributed by atoms with van der Waals surface area (Å²) in [5.74, 6) is 0.840. The predicted molar refractivity (Wildman–Crippen MR) is 72.1 cm³/mol. The van der Waals surface area contributed by atoms with Gasteiger partial charge in [-0.05, 0) is 0 Å². The van der Waals surface area contributed by atoms with Crippen LogP contribution in [0.1, 0.15) is 19.0 Å². The van der Waals surface area contributed by atoms with Crippen LogP contribution in [0.3, 0.4) is 0 Å². The number of fused-ring (bicyclic) bond motifs is 1. The summed E-state index contributed by atoms with van der Waals surface area (Å²) in [5.41, 5.74) is 6.64. The Morgan fingerprint density at radius 2 is 2.10 bits per heavy atom. The number of rotatable bonds is 3. The first-order valence-corrected chi connectivity index (χ1v) is 6.68. The molecule has 2 aromatic rings. The summed E-state index contributed by atoms with van der Waals surface area (Å²) < 4.78 is 7.14. The monoisotopic (exact) mass is 295 g/mol. The van der Waals surface area contributed by atoms with E-state index < -0.39 is 24.5 Å². The van der Waals surface area contributed by atoms with Gasteiger partial charge in [-0.3, -0.25) is 4.57 Å². The number of aryl methyl sites for hydroxylation is 1. The van der Waals surface area contributed by atoms with Crippen molar-refractivity contribution in [3.05, 3.63) is 12.2 Å². The maximum Gasteiger partial charge on any atom is 0.167 e. The molecule has 3 rings (SSSR count). The van der Waals surface area contributed by atoms with Crippen molar-refractivity contribution in [3.63, 3.8) is 0 Å². The number of nitrogen functional groups attached to an aromatic ring is 1. The fourth-order valence-electron chi connectivity index (χ4n) is 2.58. The molecular formula is C12H17N5O4. The van der Waals surface area contributed by atoms with Crippen LogP contribution in [0.2, 0.25) is 0 Å². The third-order valence-corrected chi connectivity index (χ3v) is 3.67. The van der Waals surface area contributed by atoms with Gasteiger partial charge in [-0.25, -0.2) is 15.0 Å². The van der Waals surface area contributed by atoms with Crippen LogP contribution in [0.25, 0.3) is 11.2 Å². The molecule has 114 valence electrons. The largest absolute Gasteiger partial charge is 0.394 e. The lowest BCUT2D eigenvalue weighted by atomic mass is 10.1. The Morgan fingerprint density at radius 1 is 1.33 bits per heavy atom. The summed E-state index contributed by atoms with van der Waals surface area (Å²) in [5, 5.41) is 29.2. The molecule has 2 aromatic heterocycles. The Morgan fingerprint density at radius 3 is 2.71 bits per heavy atom. The molecule has 5 N–H and O–H groups in total. The minimum atomic E-state index is -1.19. The normalized spacial score (nSPS) is 29.3. The summed E-state index contributed by atoms with van der Waals surface area (Å²) in [7, 11) is 0. The van der Waals surface area contributed by atoms with Crippen LogP contribution in [0, 0.1) is 0 Å². The fourth-order valence-corrected chi connectivity index (χ4v) is 2.58. The van der Waals surface area contributed by atoms with Crippen LogP contribution < -0.4 is 5.73 Å². The number of aliphatic hydroxyl groups excluding tert-OH is 3. The number of imidazole rings is 1. The Balaban J connectivity index is 2.14. The predicted octanol–water partition coefficient (Wildman–Crippen LogP) is -1.42. The molecule has 0 aliphatic carbocycles. The maximum atomic E-state index is 10.2. The summed E-state index contributed by atoms with van der Waals surface area (Å²) >= 11 is 0. The first kappa shape index (κ1) is 14.1. The first-order chi connectivity index (χ1) is 10.1. The van der Waals surface area contributed by atoms with E-state index in [-0.39, 0.29) is 12.4 Å². The van der Waals surface area contributed by atoms with Crippen molar-refractivity contribution in [2.75, 3.05) is 12.3 Å². The highest BCUT2D eigenvalue weighted by Crippen LogP contribution is 2.33. The van der Waals surface area contributed by atoms with Gasteiger partial charge in [0.2, 0.25) is 0 Å². The van der Waals surface area contributed by atoms with E-state index in [1.165, 1.54) is 6.33 Å². The van der Waals surface area contributed by atoms with Gasteiger partial charge >= 0.3 is 0 Å². The molecule has 2 unspecified atom stereocenters. The average molecular weight is 295 g/mol. The van der Waals surface area contributed by atoms with Crippen molar-refractivity contribution < 1.29 is 20.1 Å². The molecule has 3 heterocycles. The van der Waals surface area contributed by atoms with Gasteiger partial charge in [0, 0.05) is 6.42 Å². The van der Waals surface area contributed by atoms with E-state index >= 15 is 0 Å². The number of aromatic nitrogens is 4. The van der Waals surface area contributed by atoms with Crippen molar-refractivity contribution in [2.24, 2.45) is 0 Å². The zero-order chi connectivity index (χ0) is 15.1. The van der Waals surface area contributed by atoms with Gasteiger partial charge in [0.05, 0.1) is 6.61 Å². The Bertz CT molecular complexity index is 660.